The van der Waals surface area contributed by atoms with Gasteiger partial charge in [0.25, 0.3) is 0 Å². The predicted octanol–water partition coefficient (Wildman–Crippen LogP) is 0.429. The topological polar surface area (TPSA) is 29.1 Å². The van der Waals surface area contributed by atoms with Gasteiger partial charge in [0, 0.05) is 1.43 Å². The van der Waals surface area contributed by atoms with Crippen molar-refractivity contribution in [3.8, 4) is 0 Å². The van der Waals surface area contributed by atoms with Crippen LogP contribution < -0.4 is 5.32 Å². The van der Waals surface area contributed by atoms with Crippen LogP contribution in [0.15, 0.2) is 0 Å². The van der Waals surface area contributed by atoms with Gasteiger partial charge < -0.3 is 5.32 Å². The van der Waals surface area contributed by atoms with Gasteiger partial charge in [0.05, 0.1) is 6.04 Å². The molecule has 1 unspecified atom stereocenters. The molecule has 0 heterocycles. The molecule has 0 radical (unpaired) electrons. The molecule has 0 aliphatic heterocycles. The van der Waals surface area contributed by atoms with E-state index in [1.54, 1.807) is 14.0 Å². The Morgan fingerprint density at radius 2 is 2.29 bits per heavy atom. The number of ketones is 1. The van der Waals surface area contributed by atoms with Crippen molar-refractivity contribution >= 4 is 5.78 Å². The molecule has 0 rings (SSSR count). The molecule has 0 spiro atoms. The molecule has 1 atom stereocenters. The van der Waals surface area contributed by atoms with E-state index in [0.717, 1.165) is 0 Å². The van der Waals surface area contributed by atoms with Gasteiger partial charge in [-0.2, -0.15) is 0 Å². The smallest absolute Gasteiger partial charge is 0.146 e. The SMILES string of the molecule is CNC(C)C(C)=O.[HH]. The number of rotatable bonds is 2. The second kappa shape index (κ2) is 2.75. The lowest BCUT2D eigenvalue weighted by Gasteiger charge is -2.01. The normalized spacial score (nSPS) is 13.6. The second-order valence-corrected chi connectivity index (χ2v) is 1.62. The van der Waals surface area contributed by atoms with Crippen molar-refractivity contribution < 1.29 is 6.22 Å². The monoisotopic (exact) mass is 103 g/mol. The van der Waals surface area contributed by atoms with Crippen molar-refractivity contribution in [3.05, 3.63) is 0 Å². The quantitative estimate of drug-likeness (QED) is 0.549. The van der Waals surface area contributed by atoms with E-state index in [2.05, 4.69) is 5.32 Å². The van der Waals surface area contributed by atoms with Gasteiger partial charge in [-0.3, -0.25) is 4.79 Å². The van der Waals surface area contributed by atoms with Crippen LogP contribution in [-0.4, -0.2) is 18.9 Å². The van der Waals surface area contributed by atoms with Crippen LogP contribution in [0.1, 0.15) is 15.3 Å². The summed E-state index contributed by atoms with van der Waals surface area (Å²) in [7, 11) is 1.77. The van der Waals surface area contributed by atoms with Gasteiger partial charge in [-0.05, 0) is 20.9 Å². The van der Waals surface area contributed by atoms with E-state index >= 15 is 0 Å². The van der Waals surface area contributed by atoms with Gasteiger partial charge in [-0.25, -0.2) is 0 Å². The van der Waals surface area contributed by atoms with Gasteiger partial charge in [0.1, 0.15) is 5.78 Å². The lowest BCUT2D eigenvalue weighted by atomic mass is 10.2. The molecule has 0 amide bonds. The van der Waals surface area contributed by atoms with Crippen LogP contribution in [0.25, 0.3) is 0 Å². The summed E-state index contributed by atoms with van der Waals surface area (Å²) in [5, 5.41) is 2.81. The predicted molar refractivity (Wildman–Crippen MR) is 31.3 cm³/mol. The van der Waals surface area contributed by atoms with Crippen LogP contribution in [0.4, 0.5) is 0 Å². The Morgan fingerprint density at radius 1 is 1.86 bits per heavy atom. The van der Waals surface area contributed by atoms with Gasteiger partial charge in [-0.15, -0.1) is 0 Å². The third kappa shape index (κ3) is 2.34. The number of carbonyl (C=O) groups excluding carboxylic acids is 1. The van der Waals surface area contributed by atoms with Crippen LogP contribution in [0.5, 0.6) is 0 Å². The second-order valence-electron chi connectivity index (χ2n) is 1.62. The number of Topliss-reactive ketones (excluding diaryl/α,β-unsaturated/α-hetero) is 1. The summed E-state index contributed by atoms with van der Waals surface area (Å²) in [6, 6.07) is 0.0139. The summed E-state index contributed by atoms with van der Waals surface area (Å²) in [4.78, 5) is 10.3. The summed E-state index contributed by atoms with van der Waals surface area (Å²) in [5.74, 6) is 0.183. The average molecular weight is 103 g/mol. The first-order valence-electron chi connectivity index (χ1n) is 2.36. The summed E-state index contributed by atoms with van der Waals surface area (Å²) < 4.78 is 0. The van der Waals surface area contributed by atoms with E-state index in [1.165, 1.54) is 0 Å². The summed E-state index contributed by atoms with van der Waals surface area (Å²) in [6.07, 6.45) is 0. The van der Waals surface area contributed by atoms with Crippen molar-refractivity contribution in [2.24, 2.45) is 0 Å². The zero-order chi connectivity index (χ0) is 5.86. The third-order valence-corrected chi connectivity index (χ3v) is 1.04. The first-order valence-corrected chi connectivity index (χ1v) is 2.36. The van der Waals surface area contributed by atoms with E-state index in [9.17, 15) is 4.79 Å². The standard InChI is InChI=1S/C5H11NO.H2/c1-4(6-3)5(2)7;/h4,6H,1-3H3;1H. The van der Waals surface area contributed by atoms with Crippen molar-refractivity contribution in [1.29, 1.82) is 0 Å². The van der Waals surface area contributed by atoms with Crippen LogP contribution in [-0.2, 0) is 4.79 Å². The molecule has 0 aromatic carbocycles. The Balaban J connectivity index is 0. The Bertz CT molecular complexity index is 74.8. The fourth-order valence-corrected chi connectivity index (χ4v) is 0.203. The number of carbonyl (C=O) groups is 1. The minimum absolute atomic E-state index is 0. The molecule has 0 saturated carbocycles. The molecule has 0 aliphatic rings. The molecule has 0 aliphatic carbocycles. The molecule has 0 bridgehead atoms. The minimum Gasteiger partial charge on any atom is -0.311 e. The highest BCUT2D eigenvalue weighted by atomic mass is 16.1. The Kier molecular flexibility index (Phi) is 2.60. The van der Waals surface area contributed by atoms with Gasteiger partial charge in [-0.1, -0.05) is 0 Å². The molecule has 0 aromatic heterocycles. The summed E-state index contributed by atoms with van der Waals surface area (Å²) in [6.45, 7) is 3.41. The molecule has 0 fully saturated rings. The van der Waals surface area contributed by atoms with Crippen LogP contribution in [0, 0.1) is 0 Å². The summed E-state index contributed by atoms with van der Waals surface area (Å²) in [5.41, 5.74) is 0. The molecule has 2 nitrogen and oxygen atoms in total. The first kappa shape index (κ1) is 6.63. The molecule has 7 heavy (non-hydrogen) atoms. The zero-order valence-electron chi connectivity index (χ0n) is 4.99. The maximum absolute atomic E-state index is 10.3. The Morgan fingerprint density at radius 3 is 2.29 bits per heavy atom. The molecular weight excluding hydrogens is 90.1 g/mol. The van der Waals surface area contributed by atoms with E-state index in [1.807, 2.05) is 6.92 Å². The van der Waals surface area contributed by atoms with Crippen molar-refractivity contribution in [2.75, 3.05) is 7.05 Å². The maximum atomic E-state index is 10.3. The van der Waals surface area contributed by atoms with E-state index < -0.39 is 0 Å². The molecule has 0 aromatic rings. The molecule has 2 heteroatoms. The highest BCUT2D eigenvalue weighted by Gasteiger charge is 2.00. The lowest BCUT2D eigenvalue weighted by Crippen LogP contribution is -2.28. The maximum Gasteiger partial charge on any atom is 0.146 e. The fourth-order valence-electron chi connectivity index (χ4n) is 0.203. The lowest BCUT2D eigenvalue weighted by molar-refractivity contribution is -0.118. The zero-order valence-corrected chi connectivity index (χ0v) is 4.99. The van der Waals surface area contributed by atoms with Gasteiger partial charge in [0.2, 0.25) is 0 Å². The summed E-state index contributed by atoms with van der Waals surface area (Å²) >= 11 is 0. The molecule has 1 N–H and O–H groups in total. The van der Waals surface area contributed by atoms with Gasteiger partial charge >= 0.3 is 0 Å². The minimum atomic E-state index is 0. The number of likely N-dealkylation sites (N-methyl/N-ethyl adjacent to an activating group) is 1. The van der Waals surface area contributed by atoms with Crippen molar-refractivity contribution in [1.82, 2.24) is 5.32 Å². The van der Waals surface area contributed by atoms with Crippen molar-refractivity contribution in [3.63, 3.8) is 0 Å². The van der Waals surface area contributed by atoms with E-state index in [-0.39, 0.29) is 13.3 Å². The average Bonchev–Trinajstić information content (AvgIpc) is 1.65. The number of hydrogen-bond acceptors (Lipinski definition) is 2. The third-order valence-electron chi connectivity index (χ3n) is 1.04. The van der Waals surface area contributed by atoms with Crippen LogP contribution in [0.3, 0.4) is 0 Å². The largest absolute Gasteiger partial charge is 0.311 e. The fraction of sp³-hybridized carbons (Fsp3) is 0.800. The van der Waals surface area contributed by atoms with Crippen LogP contribution >= 0.6 is 0 Å². The molecular formula is C5H13NO. The van der Waals surface area contributed by atoms with Crippen LogP contribution in [0.2, 0.25) is 0 Å². The highest BCUT2D eigenvalue weighted by molar-refractivity contribution is 5.80. The number of hydrogen-bond donors (Lipinski definition) is 1. The highest BCUT2D eigenvalue weighted by Crippen LogP contribution is 1.77. The van der Waals surface area contributed by atoms with E-state index in [0.29, 0.717) is 0 Å². The molecule has 0 saturated heterocycles. The van der Waals surface area contributed by atoms with E-state index in [4.69, 9.17) is 0 Å². The van der Waals surface area contributed by atoms with Crippen molar-refractivity contribution in [2.45, 2.75) is 19.9 Å². The number of nitrogens with one attached hydrogen (secondary N) is 1. The first-order chi connectivity index (χ1) is 3.18. The Labute approximate surface area is 45.4 Å². The molecule has 44 valence electrons. The van der Waals surface area contributed by atoms with Gasteiger partial charge in [0.15, 0.2) is 0 Å². The Hall–Kier alpha value is -0.370.